The third kappa shape index (κ3) is 4.70. The second kappa shape index (κ2) is 7.83. The maximum Gasteiger partial charge on any atom is 0.263 e. The lowest BCUT2D eigenvalue weighted by Crippen LogP contribution is -2.15. The molecule has 2 aromatic carbocycles. The number of rotatable bonds is 6. The standard InChI is InChI=1S/C18H15IN2O3S/c19-15-8-10-16(11-9-15)25(22,23)21-18-17(7-4-12-20-18)24-13-14-5-2-1-3-6-14/h1-12H,13H2,(H,20,21). The van der Waals surface area contributed by atoms with Gasteiger partial charge in [-0.05, 0) is 64.6 Å². The van der Waals surface area contributed by atoms with Crippen LogP contribution < -0.4 is 9.46 Å². The highest BCUT2D eigenvalue weighted by molar-refractivity contribution is 14.1. The van der Waals surface area contributed by atoms with Crippen molar-refractivity contribution in [2.75, 3.05) is 4.72 Å². The highest BCUT2D eigenvalue weighted by Crippen LogP contribution is 2.25. The molecule has 0 aliphatic heterocycles. The lowest BCUT2D eigenvalue weighted by atomic mass is 10.2. The van der Waals surface area contributed by atoms with Crippen molar-refractivity contribution >= 4 is 38.4 Å². The number of anilines is 1. The number of halogens is 1. The predicted molar refractivity (Wildman–Crippen MR) is 105 cm³/mol. The minimum absolute atomic E-state index is 0.164. The molecule has 3 rings (SSSR count). The fraction of sp³-hybridized carbons (Fsp3) is 0.0556. The highest BCUT2D eigenvalue weighted by Gasteiger charge is 2.17. The lowest BCUT2D eigenvalue weighted by Gasteiger charge is -2.12. The summed E-state index contributed by atoms with van der Waals surface area (Å²) in [5, 5.41) is 0. The summed E-state index contributed by atoms with van der Waals surface area (Å²) in [4.78, 5) is 4.28. The van der Waals surface area contributed by atoms with E-state index in [2.05, 4.69) is 32.3 Å². The zero-order chi connectivity index (χ0) is 17.7. The van der Waals surface area contributed by atoms with Crippen LogP contribution in [0.2, 0.25) is 0 Å². The summed E-state index contributed by atoms with van der Waals surface area (Å²) in [6.07, 6.45) is 1.52. The summed E-state index contributed by atoms with van der Waals surface area (Å²) in [5.74, 6) is 0.539. The Morgan fingerprint density at radius 3 is 2.40 bits per heavy atom. The number of pyridine rings is 1. The maximum absolute atomic E-state index is 12.5. The number of sulfonamides is 1. The molecule has 0 saturated heterocycles. The third-order valence-electron chi connectivity index (χ3n) is 3.36. The van der Waals surface area contributed by atoms with Crippen LogP contribution in [0, 0.1) is 3.57 Å². The Kier molecular flexibility index (Phi) is 5.54. The molecule has 128 valence electrons. The first-order valence-corrected chi connectivity index (χ1v) is 10.0. The van der Waals surface area contributed by atoms with Crippen LogP contribution in [0.5, 0.6) is 5.75 Å². The molecule has 3 aromatic rings. The summed E-state index contributed by atoms with van der Waals surface area (Å²) in [7, 11) is -3.73. The van der Waals surface area contributed by atoms with Crippen molar-refractivity contribution < 1.29 is 13.2 Å². The molecule has 0 aliphatic carbocycles. The van der Waals surface area contributed by atoms with Gasteiger partial charge in [-0.25, -0.2) is 13.4 Å². The van der Waals surface area contributed by atoms with Crippen LogP contribution in [0.4, 0.5) is 5.82 Å². The van der Waals surface area contributed by atoms with Crippen LogP contribution >= 0.6 is 22.6 Å². The van der Waals surface area contributed by atoms with Crippen LogP contribution in [-0.2, 0) is 16.6 Å². The molecule has 0 radical (unpaired) electrons. The van der Waals surface area contributed by atoms with Crippen molar-refractivity contribution in [3.63, 3.8) is 0 Å². The Hall–Kier alpha value is -2.13. The quantitative estimate of drug-likeness (QED) is 0.557. The number of nitrogens with zero attached hydrogens (tertiary/aromatic N) is 1. The first-order valence-electron chi connectivity index (χ1n) is 7.45. The first-order chi connectivity index (χ1) is 12.0. The van der Waals surface area contributed by atoms with Crippen LogP contribution in [0.3, 0.4) is 0 Å². The van der Waals surface area contributed by atoms with E-state index in [4.69, 9.17) is 4.74 Å². The summed E-state index contributed by atoms with van der Waals surface area (Å²) < 4.78 is 34.2. The minimum Gasteiger partial charge on any atom is -0.485 e. The lowest BCUT2D eigenvalue weighted by molar-refractivity contribution is 0.307. The number of benzene rings is 2. The molecule has 0 saturated carbocycles. The van der Waals surface area contributed by atoms with Gasteiger partial charge in [0.15, 0.2) is 11.6 Å². The number of hydrogen-bond donors (Lipinski definition) is 1. The van der Waals surface area contributed by atoms with E-state index in [9.17, 15) is 8.42 Å². The van der Waals surface area contributed by atoms with Gasteiger partial charge in [0.1, 0.15) is 6.61 Å². The molecule has 25 heavy (non-hydrogen) atoms. The Balaban J connectivity index is 1.79. The molecular formula is C18H15IN2O3S. The number of hydrogen-bond acceptors (Lipinski definition) is 4. The van der Waals surface area contributed by atoms with E-state index >= 15 is 0 Å². The molecule has 1 heterocycles. The van der Waals surface area contributed by atoms with Crippen LogP contribution in [0.25, 0.3) is 0 Å². The molecule has 0 spiro atoms. The smallest absolute Gasteiger partial charge is 0.263 e. The normalized spacial score (nSPS) is 11.1. The molecular weight excluding hydrogens is 451 g/mol. The zero-order valence-electron chi connectivity index (χ0n) is 13.1. The molecule has 1 N–H and O–H groups in total. The summed E-state index contributed by atoms with van der Waals surface area (Å²) >= 11 is 2.12. The van der Waals surface area contributed by atoms with Gasteiger partial charge in [0.05, 0.1) is 4.90 Å². The van der Waals surface area contributed by atoms with E-state index in [0.29, 0.717) is 12.4 Å². The molecule has 0 aliphatic rings. The first kappa shape index (κ1) is 17.7. The zero-order valence-corrected chi connectivity index (χ0v) is 16.1. The molecule has 0 fully saturated rings. The van der Waals surface area contributed by atoms with Crippen molar-refractivity contribution in [1.82, 2.24) is 4.98 Å². The minimum atomic E-state index is -3.73. The van der Waals surface area contributed by atoms with E-state index in [0.717, 1.165) is 9.13 Å². The molecule has 0 amide bonds. The SMILES string of the molecule is O=S(=O)(Nc1ncccc1OCc1ccccc1)c1ccc(I)cc1. The Morgan fingerprint density at radius 2 is 1.68 bits per heavy atom. The predicted octanol–water partition coefficient (Wildman–Crippen LogP) is 4.07. The van der Waals surface area contributed by atoms with Crippen LogP contribution in [-0.4, -0.2) is 13.4 Å². The Morgan fingerprint density at radius 1 is 0.960 bits per heavy atom. The Labute approximate surface area is 160 Å². The van der Waals surface area contributed by atoms with Crippen molar-refractivity contribution in [2.24, 2.45) is 0 Å². The van der Waals surface area contributed by atoms with Gasteiger partial charge in [0.25, 0.3) is 10.0 Å². The number of nitrogens with one attached hydrogen (secondary N) is 1. The van der Waals surface area contributed by atoms with Gasteiger partial charge < -0.3 is 4.74 Å². The maximum atomic E-state index is 12.5. The highest BCUT2D eigenvalue weighted by atomic mass is 127. The van der Waals surface area contributed by atoms with Gasteiger partial charge in [-0.3, -0.25) is 4.72 Å². The Bertz CT molecular complexity index is 946. The van der Waals surface area contributed by atoms with Crippen LogP contribution in [0.15, 0.2) is 77.8 Å². The monoisotopic (exact) mass is 466 g/mol. The van der Waals surface area contributed by atoms with Crippen molar-refractivity contribution in [3.8, 4) is 5.75 Å². The summed E-state index contributed by atoms with van der Waals surface area (Å²) in [5.41, 5.74) is 0.984. The second-order valence-corrected chi connectivity index (χ2v) is 8.11. The van der Waals surface area contributed by atoms with E-state index < -0.39 is 10.0 Å². The number of aromatic nitrogens is 1. The molecule has 5 nitrogen and oxygen atoms in total. The van der Waals surface area contributed by atoms with Gasteiger partial charge in [-0.2, -0.15) is 0 Å². The average Bonchev–Trinajstić information content (AvgIpc) is 2.62. The van der Waals surface area contributed by atoms with Gasteiger partial charge >= 0.3 is 0 Å². The topological polar surface area (TPSA) is 68.3 Å². The van der Waals surface area contributed by atoms with Gasteiger partial charge in [0.2, 0.25) is 0 Å². The van der Waals surface area contributed by atoms with Crippen LogP contribution in [0.1, 0.15) is 5.56 Å². The second-order valence-electron chi connectivity index (χ2n) is 5.18. The fourth-order valence-electron chi connectivity index (χ4n) is 2.12. The molecule has 7 heteroatoms. The van der Waals surface area contributed by atoms with E-state index in [-0.39, 0.29) is 10.7 Å². The van der Waals surface area contributed by atoms with Gasteiger partial charge in [-0.1, -0.05) is 30.3 Å². The largest absolute Gasteiger partial charge is 0.485 e. The molecule has 0 atom stereocenters. The summed E-state index contributed by atoms with van der Waals surface area (Å²) in [6.45, 7) is 0.324. The van der Waals surface area contributed by atoms with E-state index in [1.54, 1.807) is 36.4 Å². The fourth-order valence-corrected chi connectivity index (χ4v) is 3.50. The average molecular weight is 466 g/mol. The van der Waals surface area contributed by atoms with E-state index in [1.165, 1.54) is 6.20 Å². The number of ether oxygens (including phenoxy) is 1. The van der Waals surface area contributed by atoms with Crippen molar-refractivity contribution in [2.45, 2.75) is 11.5 Å². The molecule has 1 aromatic heterocycles. The van der Waals surface area contributed by atoms with Crippen molar-refractivity contribution in [1.29, 1.82) is 0 Å². The summed E-state index contributed by atoms with van der Waals surface area (Å²) in [6, 6.07) is 19.6. The molecule has 0 bridgehead atoms. The van der Waals surface area contributed by atoms with Crippen molar-refractivity contribution in [3.05, 3.63) is 82.1 Å². The van der Waals surface area contributed by atoms with E-state index in [1.807, 2.05) is 30.3 Å². The third-order valence-corrected chi connectivity index (χ3v) is 5.44. The van der Waals surface area contributed by atoms with Gasteiger partial charge in [0, 0.05) is 9.77 Å². The molecule has 0 unspecified atom stereocenters. The van der Waals surface area contributed by atoms with Gasteiger partial charge in [-0.15, -0.1) is 0 Å².